The molecule has 2 aromatic rings. The first-order valence-corrected chi connectivity index (χ1v) is 12.1. The monoisotopic (exact) mass is 440 g/mol. The summed E-state index contributed by atoms with van der Waals surface area (Å²) in [7, 11) is 0. The predicted octanol–water partition coefficient (Wildman–Crippen LogP) is 5.18. The molecule has 31 heavy (non-hydrogen) atoms. The van der Waals surface area contributed by atoms with Gasteiger partial charge in [-0.2, -0.15) is 11.8 Å². The molecule has 0 spiro atoms. The summed E-state index contributed by atoms with van der Waals surface area (Å²) in [4.78, 5) is 14.7. The van der Waals surface area contributed by atoms with Crippen LogP contribution in [0.15, 0.2) is 36.4 Å². The van der Waals surface area contributed by atoms with E-state index in [-0.39, 0.29) is 6.09 Å². The number of nitrogens with zero attached hydrogens (tertiary/aromatic N) is 1. The molecule has 0 saturated carbocycles. The third-order valence-corrected chi connectivity index (χ3v) is 7.41. The number of ether oxygens (including phenoxy) is 2. The van der Waals surface area contributed by atoms with E-state index in [1.807, 2.05) is 25.6 Å². The van der Waals surface area contributed by atoms with Crippen molar-refractivity contribution >= 4 is 29.2 Å². The normalized spacial score (nSPS) is 16.9. The lowest BCUT2D eigenvalue weighted by molar-refractivity contribution is -0.0861. The van der Waals surface area contributed by atoms with E-state index >= 15 is 0 Å². The van der Waals surface area contributed by atoms with E-state index in [2.05, 4.69) is 53.5 Å². The van der Waals surface area contributed by atoms with Crippen LogP contribution in [0.5, 0.6) is 0 Å². The van der Waals surface area contributed by atoms with Crippen molar-refractivity contribution in [3.05, 3.63) is 58.7 Å². The summed E-state index contributed by atoms with van der Waals surface area (Å²) in [5, 5.41) is 2.94. The van der Waals surface area contributed by atoms with Crippen LogP contribution in [0.2, 0.25) is 0 Å². The first-order valence-electron chi connectivity index (χ1n) is 11.0. The molecule has 1 fully saturated rings. The third-order valence-electron chi connectivity index (χ3n) is 6.05. The number of nitrogens with one attached hydrogen (secondary N) is 1. The van der Waals surface area contributed by atoms with E-state index in [0.29, 0.717) is 12.0 Å². The largest absolute Gasteiger partial charge is 0.448 e. The number of carbonyl (C=O) groups is 1. The number of thioether (sulfide) groups is 1. The number of amides is 1. The van der Waals surface area contributed by atoms with Crippen molar-refractivity contribution in [1.29, 1.82) is 0 Å². The Hall–Kier alpha value is -2.18. The molecular formula is C25H32N2O3S. The fourth-order valence-corrected chi connectivity index (χ4v) is 5.23. The molecule has 2 aromatic carbocycles. The molecule has 166 valence electrons. The molecular weight excluding hydrogens is 408 g/mol. The van der Waals surface area contributed by atoms with E-state index in [4.69, 9.17) is 9.47 Å². The molecule has 1 saturated heterocycles. The minimum Gasteiger partial charge on any atom is -0.448 e. The van der Waals surface area contributed by atoms with Crippen LogP contribution in [0.25, 0.3) is 0 Å². The summed E-state index contributed by atoms with van der Waals surface area (Å²) >= 11 is 1.81. The van der Waals surface area contributed by atoms with E-state index in [9.17, 15) is 4.79 Å². The minimum atomic E-state index is -0.385. The van der Waals surface area contributed by atoms with Crippen molar-refractivity contribution in [1.82, 2.24) is 0 Å². The first-order chi connectivity index (χ1) is 14.9. The molecule has 0 bridgehead atoms. The number of hydrogen-bond donors (Lipinski definition) is 1. The Labute approximate surface area is 189 Å². The molecule has 2 aliphatic rings. The van der Waals surface area contributed by atoms with E-state index < -0.39 is 0 Å². The Bertz CT molecular complexity index is 919. The predicted molar refractivity (Wildman–Crippen MR) is 128 cm³/mol. The van der Waals surface area contributed by atoms with Gasteiger partial charge in [-0.15, -0.1) is 0 Å². The number of rotatable bonds is 7. The molecule has 2 aliphatic heterocycles. The van der Waals surface area contributed by atoms with Crippen molar-refractivity contribution in [2.24, 2.45) is 5.41 Å². The van der Waals surface area contributed by atoms with Crippen molar-refractivity contribution < 1.29 is 14.3 Å². The van der Waals surface area contributed by atoms with E-state index in [1.54, 1.807) is 0 Å². The summed E-state index contributed by atoms with van der Waals surface area (Å²) in [6, 6.07) is 13.0. The average molecular weight is 441 g/mol. The minimum absolute atomic E-state index is 0.291. The zero-order chi connectivity index (χ0) is 21.8. The van der Waals surface area contributed by atoms with Crippen molar-refractivity contribution in [3.8, 4) is 0 Å². The maximum absolute atomic E-state index is 12.3. The Morgan fingerprint density at radius 1 is 1.19 bits per heavy atom. The molecule has 6 heteroatoms. The van der Waals surface area contributed by atoms with Gasteiger partial charge < -0.3 is 14.4 Å². The van der Waals surface area contributed by atoms with Crippen molar-refractivity contribution in [2.45, 2.75) is 33.7 Å². The number of benzene rings is 2. The maximum Gasteiger partial charge on any atom is 0.411 e. The topological polar surface area (TPSA) is 50.8 Å². The molecule has 0 aromatic heterocycles. The van der Waals surface area contributed by atoms with Crippen molar-refractivity contribution in [3.63, 3.8) is 0 Å². The molecule has 0 atom stereocenters. The van der Waals surface area contributed by atoms with Gasteiger partial charge in [0, 0.05) is 41.4 Å². The fraction of sp³-hybridized carbons (Fsp3) is 0.480. The van der Waals surface area contributed by atoms with Gasteiger partial charge >= 0.3 is 6.09 Å². The van der Waals surface area contributed by atoms with Crippen LogP contribution in [0.1, 0.15) is 29.2 Å². The van der Waals surface area contributed by atoms with Gasteiger partial charge in [-0.3, -0.25) is 5.32 Å². The second-order valence-corrected chi connectivity index (χ2v) is 10.1. The summed E-state index contributed by atoms with van der Waals surface area (Å²) in [5.74, 6) is 1.84. The molecule has 1 amide bonds. The maximum atomic E-state index is 12.3. The van der Waals surface area contributed by atoms with Gasteiger partial charge in [0.25, 0.3) is 0 Å². The standard InChI is InChI=1S/C25H32N2O3S/c1-18-12-22(27-9-8-20-6-4-5-7-21(20)14-27)13-19(2)23(18)26-24(28)30-10-11-31-17-25(3)15-29-16-25/h4-7,12-13H,8-11,14-17H2,1-3H3,(H,26,28). The lowest BCUT2D eigenvalue weighted by Crippen LogP contribution is -2.41. The summed E-state index contributed by atoms with van der Waals surface area (Å²) < 4.78 is 10.7. The molecule has 5 nitrogen and oxygen atoms in total. The molecule has 2 heterocycles. The van der Waals surface area contributed by atoms with Crippen LogP contribution in [0.3, 0.4) is 0 Å². The summed E-state index contributed by atoms with van der Waals surface area (Å²) in [6.45, 7) is 10.3. The number of aryl methyl sites for hydroxylation is 2. The third kappa shape index (κ3) is 5.36. The van der Waals surface area contributed by atoms with Gasteiger partial charge in [0.2, 0.25) is 0 Å². The SMILES string of the molecule is Cc1cc(N2CCc3ccccc3C2)cc(C)c1NC(=O)OCCSCC1(C)COC1. The summed E-state index contributed by atoms with van der Waals surface area (Å²) in [5.41, 5.74) is 7.29. The van der Waals surface area contributed by atoms with Crippen LogP contribution in [-0.2, 0) is 22.4 Å². The smallest absolute Gasteiger partial charge is 0.411 e. The van der Waals surface area contributed by atoms with Crippen LogP contribution < -0.4 is 10.2 Å². The number of hydrogen-bond acceptors (Lipinski definition) is 5. The Morgan fingerprint density at radius 2 is 1.90 bits per heavy atom. The van der Waals surface area contributed by atoms with Gasteiger partial charge in [-0.25, -0.2) is 4.79 Å². The highest BCUT2D eigenvalue weighted by atomic mass is 32.2. The van der Waals surface area contributed by atoms with Crippen LogP contribution >= 0.6 is 11.8 Å². The first kappa shape index (κ1) is 22.0. The lowest BCUT2D eigenvalue weighted by Gasteiger charge is -2.37. The second-order valence-electron chi connectivity index (χ2n) is 9.01. The molecule has 0 radical (unpaired) electrons. The van der Waals surface area contributed by atoms with Crippen LogP contribution in [0, 0.1) is 19.3 Å². The zero-order valence-corrected chi connectivity index (χ0v) is 19.5. The second kappa shape index (κ2) is 9.53. The lowest BCUT2D eigenvalue weighted by atomic mass is 9.92. The Kier molecular flexibility index (Phi) is 6.77. The zero-order valence-electron chi connectivity index (χ0n) is 18.7. The van der Waals surface area contributed by atoms with Crippen LogP contribution in [-0.4, -0.2) is 44.0 Å². The number of anilines is 2. The Morgan fingerprint density at radius 3 is 2.58 bits per heavy atom. The Balaban J connectivity index is 1.29. The molecule has 0 unspecified atom stereocenters. The number of fused-ring (bicyclic) bond motifs is 1. The highest BCUT2D eigenvalue weighted by Gasteiger charge is 2.32. The molecule has 4 rings (SSSR count). The van der Waals surface area contributed by atoms with Gasteiger partial charge in [0.15, 0.2) is 0 Å². The molecule has 1 N–H and O–H groups in total. The van der Waals surface area contributed by atoms with Gasteiger partial charge in [-0.1, -0.05) is 31.2 Å². The quantitative estimate of drug-likeness (QED) is 0.601. The highest BCUT2D eigenvalue weighted by Crippen LogP contribution is 2.31. The highest BCUT2D eigenvalue weighted by molar-refractivity contribution is 7.99. The van der Waals surface area contributed by atoms with E-state index in [1.165, 1.54) is 16.8 Å². The van der Waals surface area contributed by atoms with Gasteiger partial charge in [0.05, 0.1) is 13.2 Å². The van der Waals surface area contributed by atoms with E-state index in [0.717, 1.165) is 61.0 Å². The number of carbonyl (C=O) groups excluding carboxylic acids is 1. The van der Waals surface area contributed by atoms with Gasteiger partial charge in [0.1, 0.15) is 6.61 Å². The van der Waals surface area contributed by atoms with Gasteiger partial charge in [-0.05, 0) is 54.7 Å². The van der Waals surface area contributed by atoms with Crippen LogP contribution in [0.4, 0.5) is 16.2 Å². The summed E-state index contributed by atoms with van der Waals surface area (Å²) in [6.07, 6.45) is 0.676. The fourth-order valence-electron chi connectivity index (χ4n) is 4.22. The van der Waals surface area contributed by atoms with Crippen molar-refractivity contribution in [2.75, 3.05) is 48.1 Å². The average Bonchev–Trinajstić information content (AvgIpc) is 2.74. The molecule has 0 aliphatic carbocycles.